The number of likely N-dealkylation sites (N-methyl/N-ethyl adjacent to an activating group) is 1. The van der Waals surface area contributed by atoms with Gasteiger partial charge in [0.1, 0.15) is 0 Å². The van der Waals surface area contributed by atoms with E-state index >= 15 is 0 Å². The van der Waals surface area contributed by atoms with E-state index in [-0.39, 0.29) is 25.0 Å². The van der Waals surface area contributed by atoms with Crippen LogP contribution in [0.3, 0.4) is 0 Å². The minimum atomic E-state index is -1.74. The second-order valence-electron chi connectivity index (χ2n) is 8.54. The molecule has 2 amide bonds. The average molecular weight is 455 g/mol. The van der Waals surface area contributed by atoms with Crippen molar-refractivity contribution in [3.63, 3.8) is 0 Å². The Morgan fingerprint density at radius 3 is 2.72 bits per heavy atom. The first-order chi connectivity index (χ1) is 15.3. The van der Waals surface area contributed by atoms with Crippen LogP contribution in [0.15, 0.2) is 54.6 Å². The van der Waals surface area contributed by atoms with E-state index in [2.05, 4.69) is 0 Å². The Labute approximate surface area is 192 Å². The third kappa shape index (κ3) is 3.72. The molecule has 2 N–H and O–H groups in total. The lowest BCUT2D eigenvalue weighted by Gasteiger charge is -2.36. The molecule has 3 atom stereocenters. The standard InChI is InChI=1S/C25H27ClN2O4/c1-16(25(32)21-13-19(26)10-11-22(21)27(2)24(25)31)6-5-9-23(30)28-14-18-8-4-3-7-17(18)12-20(28)15-29/h3-8,10-11,13,16,20,29,32H,9,12,14-15H2,1-2H3/b6-5+/t16-,20+,25+/m1/s1. The Morgan fingerprint density at radius 1 is 1.28 bits per heavy atom. The number of amides is 2. The molecule has 0 radical (unpaired) electrons. The lowest BCUT2D eigenvalue weighted by Crippen LogP contribution is -2.46. The smallest absolute Gasteiger partial charge is 0.264 e. The quantitative estimate of drug-likeness (QED) is 0.680. The summed E-state index contributed by atoms with van der Waals surface area (Å²) >= 11 is 6.12. The first-order valence-electron chi connectivity index (χ1n) is 10.7. The van der Waals surface area contributed by atoms with E-state index < -0.39 is 17.4 Å². The van der Waals surface area contributed by atoms with Crippen molar-refractivity contribution in [3.05, 3.63) is 76.3 Å². The number of halogens is 1. The fourth-order valence-electron chi connectivity index (χ4n) is 4.70. The number of carbonyl (C=O) groups is 2. The molecule has 0 saturated heterocycles. The van der Waals surface area contributed by atoms with Crippen LogP contribution in [0.25, 0.3) is 0 Å². The lowest BCUT2D eigenvalue weighted by molar-refractivity contribution is -0.139. The van der Waals surface area contributed by atoms with Crippen molar-refractivity contribution in [1.29, 1.82) is 0 Å². The number of fused-ring (bicyclic) bond motifs is 2. The second-order valence-corrected chi connectivity index (χ2v) is 8.98. The molecular weight excluding hydrogens is 428 g/mol. The van der Waals surface area contributed by atoms with Gasteiger partial charge in [-0.2, -0.15) is 0 Å². The summed E-state index contributed by atoms with van der Waals surface area (Å²) in [6, 6.07) is 12.7. The molecule has 2 heterocycles. The third-order valence-electron chi connectivity index (χ3n) is 6.62. The molecule has 0 aromatic heterocycles. The molecule has 2 aromatic carbocycles. The number of aliphatic hydroxyl groups is 2. The Balaban J connectivity index is 1.49. The molecule has 0 unspecified atom stereocenters. The summed E-state index contributed by atoms with van der Waals surface area (Å²) in [5, 5.41) is 21.6. The molecule has 6 nitrogen and oxygen atoms in total. The maximum Gasteiger partial charge on any atom is 0.264 e. The number of rotatable bonds is 5. The maximum atomic E-state index is 12.9. The molecule has 7 heteroatoms. The van der Waals surface area contributed by atoms with Crippen LogP contribution in [-0.4, -0.2) is 46.6 Å². The van der Waals surface area contributed by atoms with E-state index in [1.807, 2.05) is 24.3 Å². The van der Waals surface area contributed by atoms with Crippen LogP contribution in [0.5, 0.6) is 0 Å². The minimum absolute atomic E-state index is 0.0989. The van der Waals surface area contributed by atoms with Crippen molar-refractivity contribution in [2.75, 3.05) is 18.6 Å². The van der Waals surface area contributed by atoms with E-state index in [1.54, 1.807) is 49.2 Å². The monoisotopic (exact) mass is 454 g/mol. The molecule has 0 bridgehead atoms. The van der Waals surface area contributed by atoms with E-state index in [4.69, 9.17) is 11.6 Å². The van der Waals surface area contributed by atoms with Crippen LogP contribution in [-0.2, 0) is 28.2 Å². The number of anilines is 1. The van der Waals surface area contributed by atoms with Gasteiger partial charge >= 0.3 is 0 Å². The zero-order valence-corrected chi connectivity index (χ0v) is 18.9. The summed E-state index contributed by atoms with van der Waals surface area (Å²) < 4.78 is 0. The summed E-state index contributed by atoms with van der Waals surface area (Å²) in [6.07, 6.45) is 4.13. The molecule has 2 aliphatic rings. The molecule has 0 aliphatic carbocycles. The van der Waals surface area contributed by atoms with Crippen LogP contribution in [0.2, 0.25) is 5.02 Å². The van der Waals surface area contributed by atoms with Crippen molar-refractivity contribution in [2.24, 2.45) is 5.92 Å². The zero-order valence-electron chi connectivity index (χ0n) is 18.2. The van der Waals surface area contributed by atoms with Crippen molar-refractivity contribution in [3.8, 4) is 0 Å². The topological polar surface area (TPSA) is 81.1 Å². The molecule has 0 spiro atoms. The second kappa shape index (κ2) is 8.70. The lowest BCUT2D eigenvalue weighted by atomic mass is 9.83. The third-order valence-corrected chi connectivity index (χ3v) is 6.86. The molecule has 0 fully saturated rings. The van der Waals surface area contributed by atoms with Gasteiger partial charge in [0.15, 0.2) is 5.60 Å². The molecule has 32 heavy (non-hydrogen) atoms. The van der Waals surface area contributed by atoms with Crippen molar-refractivity contribution in [1.82, 2.24) is 4.90 Å². The van der Waals surface area contributed by atoms with Crippen LogP contribution in [0, 0.1) is 5.92 Å². The van der Waals surface area contributed by atoms with Gasteiger partial charge in [-0.05, 0) is 35.7 Å². The molecule has 0 saturated carbocycles. The number of hydrogen-bond donors (Lipinski definition) is 2. The SMILES string of the molecule is C[C@H](/C=C/CC(=O)N1Cc2ccccc2C[C@H]1CO)[C@@]1(O)C(=O)N(C)c2ccc(Cl)cc21. The predicted molar refractivity (Wildman–Crippen MR) is 123 cm³/mol. The van der Waals surface area contributed by atoms with Crippen LogP contribution < -0.4 is 4.90 Å². The van der Waals surface area contributed by atoms with Gasteiger partial charge in [0.2, 0.25) is 5.91 Å². The Hall–Kier alpha value is -2.67. The largest absolute Gasteiger partial charge is 0.394 e. The highest BCUT2D eigenvalue weighted by molar-refractivity contribution is 6.31. The first kappa shape index (κ1) is 22.5. The van der Waals surface area contributed by atoms with Crippen LogP contribution in [0.4, 0.5) is 5.69 Å². The van der Waals surface area contributed by atoms with Gasteiger partial charge in [-0.25, -0.2) is 0 Å². The van der Waals surface area contributed by atoms with Gasteiger partial charge in [0.05, 0.1) is 18.3 Å². The van der Waals surface area contributed by atoms with Crippen LogP contribution in [0.1, 0.15) is 30.0 Å². The Morgan fingerprint density at radius 2 is 2.00 bits per heavy atom. The fourth-order valence-corrected chi connectivity index (χ4v) is 4.87. The van der Waals surface area contributed by atoms with E-state index in [0.29, 0.717) is 29.2 Å². The average Bonchev–Trinajstić information content (AvgIpc) is 2.99. The summed E-state index contributed by atoms with van der Waals surface area (Å²) in [4.78, 5) is 28.9. The molecular formula is C25H27ClN2O4. The van der Waals surface area contributed by atoms with Gasteiger partial charge in [0, 0.05) is 36.5 Å². The summed E-state index contributed by atoms with van der Waals surface area (Å²) in [7, 11) is 1.62. The van der Waals surface area contributed by atoms with Crippen molar-refractivity contribution in [2.45, 2.75) is 38.0 Å². The van der Waals surface area contributed by atoms with Gasteiger partial charge in [-0.3, -0.25) is 9.59 Å². The zero-order chi connectivity index (χ0) is 23.0. The molecule has 2 aliphatic heterocycles. The minimum Gasteiger partial charge on any atom is -0.394 e. The van der Waals surface area contributed by atoms with Crippen molar-refractivity contribution >= 4 is 29.1 Å². The highest BCUT2D eigenvalue weighted by Gasteiger charge is 2.51. The number of nitrogens with zero attached hydrogens (tertiary/aromatic N) is 2. The van der Waals surface area contributed by atoms with E-state index in [9.17, 15) is 19.8 Å². The first-order valence-corrected chi connectivity index (χ1v) is 11.1. The Kier molecular flexibility index (Phi) is 6.12. The fraction of sp³-hybridized carbons (Fsp3) is 0.360. The van der Waals surface area contributed by atoms with Crippen molar-refractivity contribution < 1.29 is 19.8 Å². The van der Waals surface area contributed by atoms with E-state index in [1.165, 1.54) is 4.90 Å². The van der Waals surface area contributed by atoms with Gasteiger partial charge in [-0.15, -0.1) is 0 Å². The number of benzene rings is 2. The number of hydrogen-bond acceptors (Lipinski definition) is 4. The summed E-state index contributed by atoms with van der Waals surface area (Å²) in [6.45, 7) is 2.11. The molecule has 4 rings (SSSR count). The Bertz CT molecular complexity index is 1090. The summed E-state index contributed by atoms with van der Waals surface area (Å²) in [5.74, 6) is -1.10. The normalized spacial score (nSPS) is 23.4. The number of aliphatic hydroxyl groups excluding tert-OH is 1. The molecule has 168 valence electrons. The van der Waals surface area contributed by atoms with Gasteiger partial charge in [0.25, 0.3) is 5.91 Å². The predicted octanol–water partition coefficient (Wildman–Crippen LogP) is 3.03. The maximum absolute atomic E-state index is 12.9. The number of carbonyl (C=O) groups excluding carboxylic acids is 2. The highest BCUT2D eigenvalue weighted by atomic mass is 35.5. The van der Waals surface area contributed by atoms with Gasteiger partial charge < -0.3 is 20.0 Å². The van der Waals surface area contributed by atoms with E-state index in [0.717, 1.165) is 11.1 Å². The summed E-state index contributed by atoms with van der Waals surface area (Å²) in [5.41, 5.74) is 1.59. The highest BCUT2D eigenvalue weighted by Crippen LogP contribution is 2.45. The molecule has 2 aromatic rings. The van der Waals surface area contributed by atoms with Crippen LogP contribution >= 0.6 is 11.6 Å². The van der Waals surface area contributed by atoms with Gasteiger partial charge in [-0.1, -0.05) is 54.9 Å².